The molecular weight excluding hydrogens is 414 g/mol. The van der Waals surface area contributed by atoms with Crippen LogP contribution in [0.25, 0.3) is 0 Å². The van der Waals surface area contributed by atoms with Gasteiger partial charge in [0.1, 0.15) is 0 Å². The van der Waals surface area contributed by atoms with Gasteiger partial charge >= 0.3 is 0 Å². The molecule has 1 saturated carbocycles. The quantitative estimate of drug-likeness (QED) is 0.435. The molecule has 1 spiro atoms. The molecule has 2 nitrogen and oxygen atoms in total. The van der Waals surface area contributed by atoms with Crippen LogP contribution in [0.1, 0.15) is 98.0 Å². The molecule has 0 N–H and O–H groups in total. The van der Waals surface area contributed by atoms with Gasteiger partial charge < -0.3 is 0 Å². The molecule has 3 aliphatic rings. The van der Waals surface area contributed by atoms with Gasteiger partial charge in [-0.1, -0.05) is 81.3 Å². The molecule has 1 fully saturated rings. The Morgan fingerprint density at radius 3 is 2.32 bits per heavy atom. The molecule has 0 amide bonds. The van der Waals surface area contributed by atoms with E-state index in [4.69, 9.17) is 4.99 Å². The van der Waals surface area contributed by atoms with Crippen molar-refractivity contribution in [3.8, 4) is 0 Å². The number of Topliss-reactive ketones (excluding diaryl/α,β-unsaturated/α-hetero) is 1. The Morgan fingerprint density at radius 1 is 1.00 bits per heavy atom. The number of aliphatic imine (C=N–C) groups is 1. The molecule has 1 aliphatic heterocycles. The van der Waals surface area contributed by atoms with E-state index in [0.29, 0.717) is 29.5 Å². The Labute approximate surface area is 208 Å². The second kappa shape index (κ2) is 10.3. The lowest BCUT2D eigenvalue weighted by Crippen LogP contribution is -2.43. The maximum absolute atomic E-state index is 13.6. The lowest BCUT2D eigenvalue weighted by atomic mass is 9.61. The summed E-state index contributed by atoms with van der Waals surface area (Å²) in [6.07, 6.45) is 15.1. The standard InChI is InChI=1S/C32H45NO/c1-23-11-13-26(14-12-23)21-27-22-30(34)29(16-15-25-9-7-6-8-10-25)33-32(24(27)2)19-17-28(18-20-32)31(3,4)5/h6-11,13,24,27-28H,12,14-22H2,1-5H3. The summed E-state index contributed by atoms with van der Waals surface area (Å²) in [6, 6.07) is 10.6. The highest BCUT2D eigenvalue weighted by atomic mass is 16.1. The molecular formula is C32H45NO. The highest BCUT2D eigenvalue weighted by Crippen LogP contribution is 2.50. The first-order valence-corrected chi connectivity index (χ1v) is 13.7. The van der Waals surface area contributed by atoms with Crippen LogP contribution in [-0.4, -0.2) is 17.0 Å². The summed E-state index contributed by atoms with van der Waals surface area (Å²) >= 11 is 0. The fraction of sp³-hybridized carbons (Fsp3) is 0.625. The van der Waals surface area contributed by atoms with Gasteiger partial charge in [0.2, 0.25) is 0 Å². The first-order chi connectivity index (χ1) is 16.2. The average Bonchev–Trinajstić information content (AvgIpc) is 2.90. The van der Waals surface area contributed by atoms with Crippen molar-refractivity contribution in [3.05, 3.63) is 59.2 Å². The molecule has 2 atom stereocenters. The number of nitrogens with zero attached hydrogens (tertiary/aromatic N) is 1. The molecule has 1 aromatic carbocycles. The number of carbonyl (C=O) groups excluding carboxylic acids is 1. The lowest BCUT2D eigenvalue weighted by molar-refractivity contribution is -0.114. The number of carbonyl (C=O) groups is 1. The SMILES string of the molecule is CC1=CC=C(CC2CC(=O)C(CCc3ccccc3)=NC3(CCC(C(C)(C)C)CC3)C2C)CC1. The summed E-state index contributed by atoms with van der Waals surface area (Å²) in [5.41, 5.74) is 5.46. The number of hydrogen-bond donors (Lipinski definition) is 0. The molecule has 4 rings (SSSR count). The molecule has 1 heterocycles. The van der Waals surface area contributed by atoms with E-state index in [1.54, 1.807) is 0 Å². The fourth-order valence-corrected chi connectivity index (χ4v) is 6.60. The Kier molecular flexibility index (Phi) is 7.65. The van der Waals surface area contributed by atoms with Crippen molar-refractivity contribution in [2.45, 2.75) is 104 Å². The van der Waals surface area contributed by atoms with E-state index in [2.05, 4.69) is 77.1 Å². The number of aryl methyl sites for hydroxylation is 1. The van der Waals surface area contributed by atoms with Gasteiger partial charge in [0.25, 0.3) is 0 Å². The molecule has 2 heteroatoms. The predicted molar refractivity (Wildman–Crippen MR) is 144 cm³/mol. The minimum atomic E-state index is -0.0639. The fourth-order valence-electron chi connectivity index (χ4n) is 6.60. The summed E-state index contributed by atoms with van der Waals surface area (Å²) in [5, 5.41) is 0. The molecule has 34 heavy (non-hydrogen) atoms. The van der Waals surface area contributed by atoms with Crippen LogP contribution in [0.5, 0.6) is 0 Å². The van der Waals surface area contributed by atoms with E-state index in [0.717, 1.165) is 56.6 Å². The Hall–Kier alpha value is -1.96. The van der Waals surface area contributed by atoms with Gasteiger partial charge in [-0.15, -0.1) is 0 Å². The van der Waals surface area contributed by atoms with Crippen LogP contribution in [0.4, 0.5) is 0 Å². The first kappa shape index (κ1) is 25.1. The molecule has 0 aromatic heterocycles. The molecule has 184 valence electrons. The number of rotatable bonds is 5. The third-order valence-electron chi connectivity index (χ3n) is 9.22. The van der Waals surface area contributed by atoms with E-state index in [9.17, 15) is 4.79 Å². The van der Waals surface area contributed by atoms with Crippen molar-refractivity contribution >= 4 is 11.5 Å². The third-order valence-corrected chi connectivity index (χ3v) is 9.22. The van der Waals surface area contributed by atoms with Crippen molar-refractivity contribution in [1.29, 1.82) is 0 Å². The number of ketones is 1. The predicted octanol–water partition coefficient (Wildman–Crippen LogP) is 8.32. The Bertz CT molecular complexity index is 950. The van der Waals surface area contributed by atoms with E-state index >= 15 is 0 Å². The third kappa shape index (κ3) is 5.81. The molecule has 2 aliphatic carbocycles. The van der Waals surface area contributed by atoms with Crippen LogP contribution in [0.15, 0.2) is 58.6 Å². The summed E-state index contributed by atoms with van der Waals surface area (Å²) in [7, 11) is 0. The molecule has 1 aromatic rings. The van der Waals surface area contributed by atoms with Crippen LogP contribution >= 0.6 is 0 Å². The monoisotopic (exact) mass is 459 g/mol. The van der Waals surface area contributed by atoms with E-state index in [-0.39, 0.29) is 5.54 Å². The minimum absolute atomic E-state index is 0.0639. The van der Waals surface area contributed by atoms with Gasteiger partial charge in [-0.3, -0.25) is 9.79 Å². The molecule has 0 saturated heterocycles. The topological polar surface area (TPSA) is 29.4 Å². The van der Waals surface area contributed by atoms with Crippen molar-refractivity contribution in [2.75, 3.05) is 0 Å². The zero-order valence-corrected chi connectivity index (χ0v) is 22.2. The van der Waals surface area contributed by atoms with Gasteiger partial charge in [0.05, 0.1) is 11.3 Å². The number of allylic oxidation sites excluding steroid dienone is 4. The van der Waals surface area contributed by atoms with Crippen molar-refractivity contribution in [3.63, 3.8) is 0 Å². The van der Waals surface area contributed by atoms with Gasteiger partial charge in [0, 0.05) is 6.42 Å². The second-order valence-electron chi connectivity index (χ2n) is 12.5. The second-order valence-corrected chi connectivity index (χ2v) is 12.5. The molecule has 2 unspecified atom stereocenters. The van der Waals surface area contributed by atoms with Gasteiger partial charge in [0.15, 0.2) is 5.78 Å². The Balaban J connectivity index is 1.59. The average molecular weight is 460 g/mol. The maximum Gasteiger partial charge on any atom is 0.176 e. The molecule has 0 bridgehead atoms. The van der Waals surface area contributed by atoms with Gasteiger partial charge in [-0.2, -0.15) is 0 Å². The van der Waals surface area contributed by atoms with Crippen molar-refractivity contribution < 1.29 is 4.79 Å². The lowest BCUT2D eigenvalue weighted by Gasteiger charge is -2.46. The smallest absolute Gasteiger partial charge is 0.176 e. The van der Waals surface area contributed by atoms with Crippen LogP contribution in [-0.2, 0) is 11.2 Å². The van der Waals surface area contributed by atoms with Crippen LogP contribution in [0.3, 0.4) is 0 Å². The molecule has 0 radical (unpaired) electrons. The summed E-state index contributed by atoms with van der Waals surface area (Å²) in [6.45, 7) is 11.8. The van der Waals surface area contributed by atoms with Crippen LogP contribution < -0.4 is 0 Å². The highest BCUT2D eigenvalue weighted by Gasteiger charge is 2.47. The summed E-state index contributed by atoms with van der Waals surface area (Å²) in [5.74, 6) is 1.90. The maximum atomic E-state index is 13.6. The van der Waals surface area contributed by atoms with Crippen molar-refractivity contribution in [1.82, 2.24) is 0 Å². The zero-order chi connectivity index (χ0) is 24.3. The summed E-state index contributed by atoms with van der Waals surface area (Å²) < 4.78 is 0. The minimum Gasteiger partial charge on any atom is -0.293 e. The van der Waals surface area contributed by atoms with Crippen molar-refractivity contribution in [2.24, 2.45) is 28.2 Å². The van der Waals surface area contributed by atoms with E-state index in [1.165, 1.54) is 29.6 Å². The largest absolute Gasteiger partial charge is 0.293 e. The summed E-state index contributed by atoms with van der Waals surface area (Å²) in [4.78, 5) is 19.0. The van der Waals surface area contributed by atoms with Gasteiger partial charge in [-0.05, 0) is 93.4 Å². The first-order valence-electron chi connectivity index (χ1n) is 13.7. The number of hydrogen-bond acceptors (Lipinski definition) is 2. The Morgan fingerprint density at radius 2 is 1.71 bits per heavy atom. The van der Waals surface area contributed by atoms with Gasteiger partial charge in [-0.25, -0.2) is 0 Å². The number of benzene rings is 1. The van der Waals surface area contributed by atoms with E-state index < -0.39 is 0 Å². The van der Waals surface area contributed by atoms with Crippen LogP contribution in [0.2, 0.25) is 0 Å². The van der Waals surface area contributed by atoms with E-state index in [1.807, 2.05) is 0 Å². The normalized spacial score (nSPS) is 30.4. The highest BCUT2D eigenvalue weighted by molar-refractivity contribution is 6.40. The zero-order valence-electron chi connectivity index (χ0n) is 22.2. The van der Waals surface area contributed by atoms with Crippen LogP contribution in [0, 0.1) is 23.2 Å².